The SMILES string of the molecule is Cc1c(NC(=O)C=Cc2ccc3c(c2)CCO3)cccc1NC(=O)c1ccccc1. The lowest BCUT2D eigenvalue weighted by Gasteiger charge is -2.13. The zero-order valence-electron chi connectivity index (χ0n) is 16.6. The maximum absolute atomic E-state index is 12.4. The highest BCUT2D eigenvalue weighted by molar-refractivity contribution is 6.06. The Morgan fingerprint density at radius 3 is 2.50 bits per heavy atom. The maximum atomic E-state index is 12.4. The normalized spacial score (nSPS) is 12.3. The number of anilines is 2. The van der Waals surface area contributed by atoms with E-state index < -0.39 is 0 Å². The lowest BCUT2D eigenvalue weighted by molar-refractivity contribution is -0.111. The molecule has 0 fully saturated rings. The molecule has 1 aliphatic rings. The molecule has 0 aromatic heterocycles. The second kappa shape index (κ2) is 8.66. The zero-order chi connectivity index (χ0) is 20.9. The van der Waals surface area contributed by atoms with Gasteiger partial charge < -0.3 is 15.4 Å². The molecule has 2 amide bonds. The summed E-state index contributed by atoms with van der Waals surface area (Å²) in [6.45, 7) is 2.57. The number of hydrogen-bond acceptors (Lipinski definition) is 3. The van der Waals surface area contributed by atoms with Crippen LogP contribution < -0.4 is 15.4 Å². The van der Waals surface area contributed by atoms with E-state index in [0.29, 0.717) is 23.5 Å². The first-order valence-electron chi connectivity index (χ1n) is 9.81. The molecule has 5 nitrogen and oxygen atoms in total. The van der Waals surface area contributed by atoms with Crippen LogP contribution in [0.1, 0.15) is 27.0 Å². The van der Waals surface area contributed by atoms with Gasteiger partial charge in [-0.05, 0) is 66.1 Å². The van der Waals surface area contributed by atoms with Gasteiger partial charge in [0, 0.05) is 29.4 Å². The number of ether oxygens (including phenoxy) is 1. The Morgan fingerprint density at radius 2 is 1.70 bits per heavy atom. The van der Waals surface area contributed by atoms with Crippen molar-refractivity contribution in [3.8, 4) is 5.75 Å². The number of nitrogens with one attached hydrogen (secondary N) is 2. The van der Waals surface area contributed by atoms with Crippen molar-refractivity contribution in [1.29, 1.82) is 0 Å². The molecule has 0 bridgehead atoms. The van der Waals surface area contributed by atoms with Crippen LogP contribution in [-0.4, -0.2) is 18.4 Å². The zero-order valence-corrected chi connectivity index (χ0v) is 16.6. The molecule has 1 aliphatic heterocycles. The summed E-state index contributed by atoms with van der Waals surface area (Å²) >= 11 is 0. The first-order chi connectivity index (χ1) is 14.6. The quantitative estimate of drug-likeness (QED) is 0.605. The summed E-state index contributed by atoms with van der Waals surface area (Å²) < 4.78 is 5.50. The van der Waals surface area contributed by atoms with E-state index in [9.17, 15) is 9.59 Å². The van der Waals surface area contributed by atoms with Gasteiger partial charge in [0.15, 0.2) is 0 Å². The molecule has 30 heavy (non-hydrogen) atoms. The minimum atomic E-state index is -0.235. The highest BCUT2D eigenvalue weighted by atomic mass is 16.5. The summed E-state index contributed by atoms with van der Waals surface area (Å²) in [6.07, 6.45) is 4.18. The standard InChI is InChI=1S/C25H22N2O3/c1-17-21(8-5-9-22(17)27-25(29)19-6-3-2-4-7-19)26-24(28)13-11-18-10-12-23-20(16-18)14-15-30-23/h2-13,16H,14-15H2,1H3,(H,26,28)(H,27,29). The van der Waals surface area contributed by atoms with Crippen molar-refractivity contribution in [2.24, 2.45) is 0 Å². The molecule has 2 N–H and O–H groups in total. The molecule has 0 unspecified atom stereocenters. The number of carbonyl (C=O) groups is 2. The van der Waals surface area contributed by atoms with Gasteiger partial charge in [0.05, 0.1) is 6.61 Å². The van der Waals surface area contributed by atoms with Crippen LogP contribution in [0.25, 0.3) is 6.08 Å². The molecular formula is C25H22N2O3. The summed E-state index contributed by atoms with van der Waals surface area (Å²) in [6, 6.07) is 20.3. The van der Waals surface area contributed by atoms with E-state index in [2.05, 4.69) is 10.6 Å². The largest absolute Gasteiger partial charge is 0.493 e. The van der Waals surface area contributed by atoms with Crippen LogP contribution in [0.15, 0.2) is 72.8 Å². The maximum Gasteiger partial charge on any atom is 0.255 e. The predicted octanol–water partition coefficient (Wildman–Crippen LogP) is 4.83. The number of fused-ring (bicyclic) bond motifs is 1. The van der Waals surface area contributed by atoms with Crippen molar-refractivity contribution >= 4 is 29.3 Å². The Kier molecular flexibility index (Phi) is 5.61. The van der Waals surface area contributed by atoms with Crippen molar-refractivity contribution in [1.82, 2.24) is 0 Å². The molecule has 0 atom stereocenters. The van der Waals surface area contributed by atoms with Crippen molar-refractivity contribution in [3.63, 3.8) is 0 Å². The van der Waals surface area contributed by atoms with Crippen molar-refractivity contribution in [3.05, 3.63) is 95.1 Å². The number of benzene rings is 3. The third-order valence-electron chi connectivity index (χ3n) is 5.02. The summed E-state index contributed by atoms with van der Waals surface area (Å²) in [5, 5.41) is 5.79. The molecule has 0 saturated heterocycles. The Balaban J connectivity index is 1.43. The average Bonchev–Trinajstić information content (AvgIpc) is 3.23. The number of hydrogen-bond donors (Lipinski definition) is 2. The Bertz CT molecular complexity index is 1120. The molecule has 4 rings (SSSR count). The molecule has 5 heteroatoms. The van der Waals surface area contributed by atoms with Crippen LogP contribution in [0.2, 0.25) is 0 Å². The second-order valence-electron chi connectivity index (χ2n) is 7.09. The van der Waals surface area contributed by atoms with Crippen molar-refractivity contribution in [2.45, 2.75) is 13.3 Å². The molecular weight excluding hydrogens is 376 g/mol. The predicted molar refractivity (Wildman–Crippen MR) is 119 cm³/mol. The molecule has 0 radical (unpaired) electrons. The van der Waals surface area contributed by atoms with Gasteiger partial charge in [0.2, 0.25) is 5.91 Å². The van der Waals surface area contributed by atoms with Crippen molar-refractivity contribution < 1.29 is 14.3 Å². The fourth-order valence-electron chi connectivity index (χ4n) is 3.35. The highest BCUT2D eigenvalue weighted by Gasteiger charge is 2.12. The minimum absolute atomic E-state index is 0.192. The lowest BCUT2D eigenvalue weighted by atomic mass is 10.1. The molecule has 1 heterocycles. The monoisotopic (exact) mass is 398 g/mol. The van der Waals surface area contributed by atoms with E-state index in [1.54, 1.807) is 24.3 Å². The van der Waals surface area contributed by atoms with Crippen LogP contribution >= 0.6 is 0 Å². The van der Waals surface area contributed by atoms with Gasteiger partial charge in [-0.15, -0.1) is 0 Å². The summed E-state index contributed by atoms with van der Waals surface area (Å²) in [4.78, 5) is 24.8. The van der Waals surface area contributed by atoms with Crippen LogP contribution in [0.3, 0.4) is 0 Å². The average molecular weight is 398 g/mol. The van der Waals surface area contributed by atoms with Gasteiger partial charge in [-0.2, -0.15) is 0 Å². The summed E-state index contributed by atoms with van der Waals surface area (Å²) in [7, 11) is 0. The first-order valence-corrected chi connectivity index (χ1v) is 9.81. The van der Waals surface area contributed by atoms with Crippen LogP contribution in [0.4, 0.5) is 11.4 Å². The smallest absolute Gasteiger partial charge is 0.255 e. The fourth-order valence-corrected chi connectivity index (χ4v) is 3.35. The molecule has 0 aliphatic carbocycles. The van der Waals surface area contributed by atoms with E-state index in [0.717, 1.165) is 28.9 Å². The van der Waals surface area contributed by atoms with E-state index in [4.69, 9.17) is 4.74 Å². The van der Waals surface area contributed by atoms with Gasteiger partial charge in [-0.25, -0.2) is 0 Å². The number of amides is 2. The summed E-state index contributed by atoms with van der Waals surface area (Å²) in [5.74, 6) is 0.491. The first kappa shape index (κ1) is 19.5. The number of carbonyl (C=O) groups excluding carboxylic acids is 2. The van der Waals surface area contributed by atoms with Crippen LogP contribution in [0.5, 0.6) is 5.75 Å². The highest BCUT2D eigenvalue weighted by Crippen LogP contribution is 2.27. The van der Waals surface area contributed by atoms with E-state index in [1.807, 2.05) is 55.5 Å². The second-order valence-corrected chi connectivity index (χ2v) is 7.09. The van der Waals surface area contributed by atoms with Crippen molar-refractivity contribution in [2.75, 3.05) is 17.2 Å². The van der Waals surface area contributed by atoms with Gasteiger partial charge >= 0.3 is 0 Å². The van der Waals surface area contributed by atoms with E-state index in [-0.39, 0.29) is 11.8 Å². The number of rotatable bonds is 5. The van der Waals surface area contributed by atoms with Gasteiger partial charge in [-0.1, -0.05) is 30.3 Å². The topological polar surface area (TPSA) is 67.4 Å². The molecule has 0 spiro atoms. The van der Waals surface area contributed by atoms with Gasteiger partial charge in [-0.3, -0.25) is 9.59 Å². The van der Waals surface area contributed by atoms with E-state index >= 15 is 0 Å². The van der Waals surface area contributed by atoms with Crippen LogP contribution in [-0.2, 0) is 11.2 Å². The molecule has 3 aromatic carbocycles. The Morgan fingerprint density at radius 1 is 0.933 bits per heavy atom. The summed E-state index contributed by atoms with van der Waals surface area (Å²) in [5.41, 5.74) is 4.79. The van der Waals surface area contributed by atoms with Gasteiger partial charge in [0.1, 0.15) is 5.75 Å². The Hall–Kier alpha value is -3.86. The third kappa shape index (κ3) is 4.41. The molecule has 150 valence electrons. The van der Waals surface area contributed by atoms with E-state index in [1.165, 1.54) is 6.08 Å². The lowest BCUT2D eigenvalue weighted by Crippen LogP contribution is -2.14. The molecule has 3 aromatic rings. The fraction of sp³-hybridized carbons (Fsp3) is 0.120. The molecule has 0 saturated carbocycles. The van der Waals surface area contributed by atoms with Crippen LogP contribution in [0, 0.1) is 6.92 Å². The minimum Gasteiger partial charge on any atom is -0.493 e. The van der Waals surface area contributed by atoms with Gasteiger partial charge in [0.25, 0.3) is 5.91 Å². The Labute approximate surface area is 175 Å². The third-order valence-corrected chi connectivity index (χ3v) is 5.02.